The van der Waals surface area contributed by atoms with E-state index < -0.39 is 0 Å². The third kappa shape index (κ3) is 1.35. The van der Waals surface area contributed by atoms with E-state index in [0.29, 0.717) is 0 Å². The minimum atomic E-state index is 1.04. The smallest absolute Gasteiger partial charge is 0.112 e. The van der Waals surface area contributed by atoms with Gasteiger partial charge in [0.25, 0.3) is 0 Å². The van der Waals surface area contributed by atoms with E-state index in [9.17, 15) is 0 Å². The Kier molecular flexibility index (Phi) is 2.09. The summed E-state index contributed by atoms with van der Waals surface area (Å²) >= 11 is 0. The zero-order valence-corrected chi connectivity index (χ0v) is 8.13. The molecule has 2 rings (SSSR count). The van der Waals surface area contributed by atoms with Crippen LogP contribution in [0.3, 0.4) is 0 Å². The molecule has 1 heterocycles. The predicted molar refractivity (Wildman–Crippen MR) is 55.5 cm³/mol. The lowest BCUT2D eigenvalue weighted by Crippen LogP contribution is -1.89. The molecule has 0 saturated carbocycles. The van der Waals surface area contributed by atoms with E-state index in [1.807, 2.05) is 13.8 Å². The van der Waals surface area contributed by atoms with Gasteiger partial charge >= 0.3 is 0 Å². The monoisotopic (exact) mass is 174 g/mol. The largest absolute Gasteiger partial charge is 0.465 e. The average Bonchev–Trinajstić information content (AvgIpc) is 2.44. The van der Waals surface area contributed by atoms with Gasteiger partial charge < -0.3 is 4.42 Å². The molecule has 0 aliphatic heterocycles. The molecular weight excluding hydrogens is 160 g/mol. The van der Waals surface area contributed by atoms with Crippen LogP contribution in [0.1, 0.15) is 36.0 Å². The van der Waals surface area contributed by atoms with E-state index >= 15 is 0 Å². The Bertz CT molecular complexity index is 367. The molecule has 0 spiro atoms. The fourth-order valence-corrected chi connectivity index (χ4v) is 1.79. The first-order valence-electron chi connectivity index (χ1n) is 4.74. The maximum Gasteiger partial charge on any atom is 0.112 e. The number of aryl methyl sites for hydroxylation is 2. The first-order chi connectivity index (χ1) is 6.33. The number of hydrogen-bond donors (Lipinski definition) is 0. The van der Waals surface area contributed by atoms with E-state index in [1.54, 1.807) is 0 Å². The molecule has 0 aromatic carbocycles. The molecule has 0 bridgehead atoms. The number of rotatable bonds is 1. The van der Waals surface area contributed by atoms with Gasteiger partial charge in [0, 0.05) is 17.5 Å². The van der Waals surface area contributed by atoms with Crippen LogP contribution in [-0.4, -0.2) is 0 Å². The topological polar surface area (TPSA) is 13.1 Å². The molecule has 1 heteroatoms. The molecule has 1 aromatic heterocycles. The van der Waals surface area contributed by atoms with Crippen molar-refractivity contribution in [3.8, 4) is 0 Å². The summed E-state index contributed by atoms with van der Waals surface area (Å²) in [4.78, 5) is 0. The number of hydrogen-bond acceptors (Lipinski definition) is 1. The molecule has 1 aromatic rings. The van der Waals surface area contributed by atoms with E-state index in [-0.39, 0.29) is 0 Å². The van der Waals surface area contributed by atoms with Gasteiger partial charge in [-0.3, -0.25) is 0 Å². The maximum atomic E-state index is 5.69. The maximum absolute atomic E-state index is 5.69. The van der Waals surface area contributed by atoms with E-state index in [4.69, 9.17) is 4.42 Å². The minimum Gasteiger partial charge on any atom is -0.465 e. The first-order valence-corrected chi connectivity index (χ1v) is 4.74. The van der Waals surface area contributed by atoms with E-state index in [2.05, 4.69) is 24.3 Å². The summed E-state index contributed by atoms with van der Waals surface area (Å²) in [5.74, 6) is 2.18. The Balaban J connectivity index is 2.56. The molecular formula is C12H14O. The third-order valence-electron chi connectivity index (χ3n) is 2.40. The molecule has 0 radical (unpaired) electrons. The summed E-state index contributed by atoms with van der Waals surface area (Å²) in [5.41, 5.74) is 2.52. The standard InChI is InChI=1S/C12H14O/c1-3-6-10-9(2)13-12-8-5-4-7-11(10)12/h3-4,6-7H,5,8H2,1-2H3. The Morgan fingerprint density at radius 3 is 3.08 bits per heavy atom. The SMILES string of the molecule is CC=Cc1c(C)oc2c1C=CCC2. The molecule has 0 unspecified atom stereocenters. The van der Waals surface area contributed by atoms with Gasteiger partial charge in [0.05, 0.1) is 0 Å². The molecule has 13 heavy (non-hydrogen) atoms. The van der Waals surface area contributed by atoms with Gasteiger partial charge in [-0.1, -0.05) is 24.3 Å². The first kappa shape index (κ1) is 8.36. The highest BCUT2D eigenvalue weighted by atomic mass is 16.3. The normalized spacial score (nSPS) is 15.2. The van der Waals surface area contributed by atoms with Gasteiger partial charge in [-0.05, 0) is 20.3 Å². The van der Waals surface area contributed by atoms with Crippen molar-refractivity contribution in [3.05, 3.63) is 34.8 Å². The zero-order valence-electron chi connectivity index (χ0n) is 8.13. The van der Waals surface area contributed by atoms with Crippen molar-refractivity contribution in [2.24, 2.45) is 0 Å². The molecule has 1 nitrogen and oxygen atoms in total. The van der Waals surface area contributed by atoms with Gasteiger partial charge in [0.2, 0.25) is 0 Å². The van der Waals surface area contributed by atoms with Crippen molar-refractivity contribution in [1.82, 2.24) is 0 Å². The van der Waals surface area contributed by atoms with Crippen LogP contribution >= 0.6 is 0 Å². The van der Waals surface area contributed by atoms with Crippen LogP contribution in [0.2, 0.25) is 0 Å². The summed E-state index contributed by atoms with van der Waals surface area (Å²) in [7, 11) is 0. The van der Waals surface area contributed by atoms with E-state index in [1.165, 1.54) is 11.1 Å². The predicted octanol–water partition coefficient (Wildman–Crippen LogP) is 3.58. The highest BCUT2D eigenvalue weighted by molar-refractivity contribution is 5.69. The quantitative estimate of drug-likeness (QED) is 0.634. The average molecular weight is 174 g/mol. The second-order valence-electron chi connectivity index (χ2n) is 3.35. The van der Waals surface area contributed by atoms with Gasteiger partial charge in [-0.25, -0.2) is 0 Å². The summed E-state index contributed by atoms with van der Waals surface area (Å²) in [5, 5.41) is 0. The Hall–Kier alpha value is -1.24. The second-order valence-corrected chi connectivity index (χ2v) is 3.35. The minimum absolute atomic E-state index is 1.04. The lowest BCUT2D eigenvalue weighted by molar-refractivity contribution is 0.481. The molecule has 0 amide bonds. The Labute approximate surface area is 78.8 Å². The fraction of sp³-hybridized carbons (Fsp3) is 0.333. The molecule has 0 saturated heterocycles. The van der Waals surface area contributed by atoms with Crippen molar-refractivity contribution in [2.45, 2.75) is 26.7 Å². The lowest BCUT2D eigenvalue weighted by atomic mass is 10.0. The van der Waals surface area contributed by atoms with Crippen LogP contribution in [0.4, 0.5) is 0 Å². The summed E-state index contributed by atoms with van der Waals surface area (Å²) in [6.45, 7) is 4.06. The van der Waals surface area contributed by atoms with Gasteiger partial charge in [0.1, 0.15) is 11.5 Å². The van der Waals surface area contributed by atoms with E-state index in [0.717, 1.165) is 24.4 Å². The van der Waals surface area contributed by atoms with Crippen molar-refractivity contribution in [3.63, 3.8) is 0 Å². The Morgan fingerprint density at radius 2 is 2.31 bits per heavy atom. The van der Waals surface area contributed by atoms with Crippen molar-refractivity contribution in [2.75, 3.05) is 0 Å². The lowest BCUT2D eigenvalue weighted by Gasteiger charge is -2.02. The molecule has 1 aliphatic rings. The molecule has 0 N–H and O–H groups in total. The number of fused-ring (bicyclic) bond motifs is 1. The highest BCUT2D eigenvalue weighted by Gasteiger charge is 2.14. The summed E-state index contributed by atoms with van der Waals surface area (Å²) in [6, 6.07) is 0. The van der Waals surface area contributed by atoms with Gasteiger partial charge in [0.15, 0.2) is 0 Å². The van der Waals surface area contributed by atoms with Crippen molar-refractivity contribution in [1.29, 1.82) is 0 Å². The van der Waals surface area contributed by atoms with Crippen LogP contribution in [0.5, 0.6) is 0 Å². The molecule has 0 atom stereocenters. The van der Waals surface area contributed by atoms with Crippen molar-refractivity contribution >= 4 is 12.2 Å². The zero-order chi connectivity index (χ0) is 9.26. The van der Waals surface area contributed by atoms with Crippen LogP contribution < -0.4 is 0 Å². The highest BCUT2D eigenvalue weighted by Crippen LogP contribution is 2.29. The summed E-state index contributed by atoms with van der Waals surface area (Å²) in [6.07, 6.45) is 10.7. The third-order valence-corrected chi connectivity index (χ3v) is 2.40. The van der Waals surface area contributed by atoms with Gasteiger partial charge in [-0.15, -0.1) is 0 Å². The number of furan rings is 1. The van der Waals surface area contributed by atoms with Gasteiger partial charge in [-0.2, -0.15) is 0 Å². The fourth-order valence-electron chi connectivity index (χ4n) is 1.79. The number of allylic oxidation sites excluding steroid dienone is 2. The van der Waals surface area contributed by atoms with Crippen LogP contribution in [0.25, 0.3) is 12.2 Å². The van der Waals surface area contributed by atoms with Crippen LogP contribution in [-0.2, 0) is 6.42 Å². The Morgan fingerprint density at radius 1 is 1.46 bits per heavy atom. The van der Waals surface area contributed by atoms with Crippen molar-refractivity contribution < 1.29 is 4.42 Å². The molecule has 0 fully saturated rings. The summed E-state index contributed by atoms with van der Waals surface area (Å²) < 4.78 is 5.69. The second kappa shape index (κ2) is 3.25. The molecule has 1 aliphatic carbocycles. The van der Waals surface area contributed by atoms with Crippen LogP contribution in [0.15, 0.2) is 16.6 Å². The van der Waals surface area contributed by atoms with Crippen LogP contribution in [0, 0.1) is 6.92 Å². The molecule has 68 valence electrons.